The Labute approximate surface area is 139 Å². The largest absolute Gasteiger partial charge is 0.392 e. The van der Waals surface area contributed by atoms with Crippen LogP contribution in [0.1, 0.15) is 103 Å². The third kappa shape index (κ3) is 16.0. The summed E-state index contributed by atoms with van der Waals surface area (Å²) in [5.41, 5.74) is 6.97. The molecular weight excluding hydrogens is 270 g/mol. The van der Waals surface area contributed by atoms with E-state index < -0.39 is 0 Å². The summed E-state index contributed by atoms with van der Waals surface area (Å²) < 4.78 is 0. The van der Waals surface area contributed by atoms with Gasteiger partial charge in [0, 0.05) is 0 Å². The van der Waals surface area contributed by atoms with Crippen molar-refractivity contribution in [3.8, 4) is 0 Å². The number of rotatable bonds is 17. The van der Waals surface area contributed by atoms with Crippen molar-refractivity contribution in [2.24, 2.45) is 5.73 Å². The molecule has 0 heterocycles. The van der Waals surface area contributed by atoms with Crippen LogP contribution in [0.3, 0.4) is 0 Å². The zero-order chi connectivity index (χ0) is 16.3. The van der Waals surface area contributed by atoms with E-state index in [0.29, 0.717) is 0 Å². The van der Waals surface area contributed by atoms with Gasteiger partial charge in [0.2, 0.25) is 0 Å². The Kier molecular flexibility index (Phi) is 18.4. The number of aliphatic hydroxyl groups is 1. The van der Waals surface area contributed by atoms with Gasteiger partial charge in [-0.05, 0) is 38.6 Å². The van der Waals surface area contributed by atoms with Gasteiger partial charge >= 0.3 is 0 Å². The molecule has 0 atom stereocenters. The van der Waals surface area contributed by atoms with E-state index in [-0.39, 0.29) is 6.61 Å². The third-order valence-corrected chi connectivity index (χ3v) is 4.43. The first-order valence-electron chi connectivity index (χ1n) is 9.84. The highest BCUT2D eigenvalue weighted by molar-refractivity contribution is 5.01. The molecule has 0 aliphatic rings. The molecule has 132 valence electrons. The number of nitrogens with two attached hydrogens (primary N) is 1. The summed E-state index contributed by atoms with van der Waals surface area (Å²) in [5, 5.41) is 9.07. The molecule has 22 heavy (non-hydrogen) atoms. The first-order valence-corrected chi connectivity index (χ1v) is 9.84. The average Bonchev–Trinajstić information content (AvgIpc) is 2.52. The molecule has 0 aliphatic heterocycles. The Morgan fingerprint density at radius 1 is 0.727 bits per heavy atom. The lowest BCUT2D eigenvalue weighted by molar-refractivity contribution is 0.341. The fourth-order valence-corrected chi connectivity index (χ4v) is 2.97. The van der Waals surface area contributed by atoms with Crippen molar-refractivity contribution in [1.29, 1.82) is 0 Å². The molecule has 2 nitrogen and oxygen atoms in total. The Hall–Kier alpha value is -0.340. The molecule has 0 amide bonds. The maximum Gasteiger partial charge on any atom is 0.0615 e. The Morgan fingerprint density at radius 3 is 1.64 bits per heavy atom. The summed E-state index contributed by atoms with van der Waals surface area (Å²) >= 11 is 0. The fourth-order valence-electron chi connectivity index (χ4n) is 2.97. The minimum absolute atomic E-state index is 0.190. The minimum Gasteiger partial charge on any atom is -0.392 e. The maximum atomic E-state index is 9.07. The standard InChI is InChI=1S/C20H41NO/c1-2-3-4-5-6-7-8-9-10-11-12-15-20(17-19-22)16-13-14-18-21/h17,22H,2-16,18-19,21H2,1H3. The van der Waals surface area contributed by atoms with Gasteiger partial charge in [-0.3, -0.25) is 0 Å². The second kappa shape index (κ2) is 18.7. The molecule has 0 rings (SSSR count). The monoisotopic (exact) mass is 311 g/mol. The lowest BCUT2D eigenvalue weighted by Gasteiger charge is -2.07. The Balaban J connectivity index is 3.36. The van der Waals surface area contributed by atoms with E-state index in [0.717, 1.165) is 19.4 Å². The van der Waals surface area contributed by atoms with Crippen molar-refractivity contribution >= 4 is 0 Å². The van der Waals surface area contributed by atoms with Gasteiger partial charge in [-0.2, -0.15) is 0 Å². The van der Waals surface area contributed by atoms with E-state index in [1.165, 1.54) is 89.0 Å². The average molecular weight is 312 g/mol. The zero-order valence-electron chi connectivity index (χ0n) is 15.1. The summed E-state index contributed by atoms with van der Waals surface area (Å²) in [6.07, 6.45) is 21.9. The molecule has 2 heteroatoms. The number of aliphatic hydroxyl groups excluding tert-OH is 1. The highest BCUT2D eigenvalue weighted by Gasteiger charge is 1.99. The van der Waals surface area contributed by atoms with E-state index in [4.69, 9.17) is 10.8 Å². The summed E-state index contributed by atoms with van der Waals surface area (Å²) in [5.74, 6) is 0. The van der Waals surface area contributed by atoms with Gasteiger partial charge in [-0.1, -0.05) is 82.8 Å². The molecule has 0 spiro atoms. The van der Waals surface area contributed by atoms with Crippen LogP contribution in [0.15, 0.2) is 11.6 Å². The fraction of sp³-hybridized carbons (Fsp3) is 0.900. The van der Waals surface area contributed by atoms with E-state index in [2.05, 4.69) is 6.92 Å². The number of allylic oxidation sites excluding steroid dienone is 1. The van der Waals surface area contributed by atoms with E-state index in [9.17, 15) is 0 Å². The quantitative estimate of drug-likeness (QED) is 0.266. The predicted molar refractivity (Wildman–Crippen MR) is 99.2 cm³/mol. The van der Waals surface area contributed by atoms with E-state index in [1.807, 2.05) is 6.08 Å². The number of hydrogen-bond acceptors (Lipinski definition) is 2. The molecule has 0 fully saturated rings. The van der Waals surface area contributed by atoms with Crippen molar-refractivity contribution < 1.29 is 5.11 Å². The summed E-state index contributed by atoms with van der Waals surface area (Å²) in [7, 11) is 0. The van der Waals surface area contributed by atoms with Crippen LogP contribution in [0.25, 0.3) is 0 Å². The van der Waals surface area contributed by atoms with Crippen molar-refractivity contribution in [3.63, 3.8) is 0 Å². The highest BCUT2D eigenvalue weighted by atomic mass is 16.2. The van der Waals surface area contributed by atoms with E-state index in [1.54, 1.807) is 0 Å². The lowest BCUT2D eigenvalue weighted by Crippen LogP contribution is -1.98. The Bertz CT molecular complexity index is 238. The lowest BCUT2D eigenvalue weighted by atomic mass is 10.00. The van der Waals surface area contributed by atoms with Gasteiger partial charge in [0.15, 0.2) is 0 Å². The topological polar surface area (TPSA) is 46.2 Å². The maximum absolute atomic E-state index is 9.07. The molecular formula is C20H41NO. The van der Waals surface area contributed by atoms with Crippen LogP contribution in [0.2, 0.25) is 0 Å². The smallest absolute Gasteiger partial charge is 0.0615 e. The molecule has 0 saturated heterocycles. The van der Waals surface area contributed by atoms with Crippen LogP contribution < -0.4 is 5.73 Å². The first kappa shape index (κ1) is 21.7. The second-order valence-corrected chi connectivity index (χ2v) is 6.58. The summed E-state index contributed by atoms with van der Waals surface area (Å²) in [4.78, 5) is 0. The molecule has 0 aromatic rings. The third-order valence-electron chi connectivity index (χ3n) is 4.43. The first-order chi connectivity index (χ1) is 10.8. The van der Waals surface area contributed by atoms with Crippen LogP contribution in [0.4, 0.5) is 0 Å². The SMILES string of the molecule is CCCCCCCCCCCCCC(=CCO)CCCCN. The van der Waals surface area contributed by atoms with Crippen LogP contribution in [0, 0.1) is 0 Å². The Morgan fingerprint density at radius 2 is 1.18 bits per heavy atom. The van der Waals surface area contributed by atoms with Gasteiger partial charge in [0.1, 0.15) is 0 Å². The number of unbranched alkanes of at least 4 members (excludes halogenated alkanes) is 11. The highest BCUT2D eigenvalue weighted by Crippen LogP contribution is 2.17. The van der Waals surface area contributed by atoms with Gasteiger partial charge in [0.25, 0.3) is 0 Å². The van der Waals surface area contributed by atoms with Gasteiger partial charge in [0.05, 0.1) is 6.61 Å². The van der Waals surface area contributed by atoms with Crippen molar-refractivity contribution in [1.82, 2.24) is 0 Å². The van der Waals surface area contributed by atoms with Gasteiger partial charge in [-0.15, -0.1) is 0 Å². The van der Waals surface area contributed by atoms with Crippen LogP contribution in [0.5, 0.6) is 0 Å². The summed E-state index contributed by atoms with van der Waals surface area (Å²) in [6.45, 7) is 3.25. The second-order valence-electron chi connectivity index (χ2n) is 6.58. The zero-order valence-corrected chi connectivity index (χ0v) is 15.1. The van der Waals surface area contributed by atoms with Crippen LogP contribution >= 0.6 is 0 Å². The predicted octanol–water partition coefficient (Wildman–Crippen LogP) is 5.74. The molecule has 0 bridgehead atoms. The molecule has 0 aromatic heterocycles. The summed E-state index contributed by atoms with van der Waals surface area (Å²) in [6, 6.07) is 0. The normalized spacial score (nSPS) is 12.0. The van der Waals surface area contributed by atoms with Crippen LogP contribution in [-0.2, 0) is 0 Å². The molecule has 0 saturated carbocycles. The van der Waals surface area contributed by atoms with Crippen molar-refractivity contribution in [2.45, 2.75) is 103 Å². The minimum atomic E-state index is 0.190. The molecule has 0 unspecified atom stereocenters. The van der Waals surface area contributed by atoms with Gasteiger partial charge in [-0.25, -0.2) is 0 Å². The number of hydrogen-bond donors (Lipinski definition) is 2. The van der Waals surface area contributed by atoms with Crippen molar-refractivity contribution in [3.05, 3.63) is 11.6 Å². The molecule has 0 aromatic carbocycles. The molecule has 0 aliphatic carbocycles. The molecule has 0 radical (unpaired) electrons. The van der Waals surface area contributed by atoms with Crippen molar-refractivity contribution in [2.75, 3.05) is 13.2 Å². The van der Waals surface area contributed by atoms with Crippen LogP contribution in [-0.4, -0.2) is 18.3 Å². The van der Waals surface area contributed by atoms with Gasteiger partial charge < -0.3 is 10.8 Å². The van der Waals surface area contributed by atoms with E-state index >= 15 is 0 Å². The molecule has 3 N–H and O–H groups in total.